The number of aliphatic hydroxyl groups excluding tert-OH is 1. The molecular weight excluding hydrogens is 527 g/mol. The molecular formula is C30H26F3NO4S. The van der Waals surface area contributed by atoms with Gasteiger partial charge >= 0.3 is 12.3 Å². The van der Waals surface area contributed by atoms with Gasteiger partial charge in [0.2, 0.25) is 0 Å². The van der Waals surface area contributed by atoms with Crippen molar-refractivity contribution in [2.24, 2.45) is 5.92 Å². The van der Waals surface area contributed by atoms with E-state index in [4.69, 9.17) is 4.74 Å². The zero-order valence-electron chi connectivity index (χ0n) is 21.4. The molecule has 0 saturated carbocycles. The molecule has 3 atom stereocenters. The van der Waals surface area contributed by atoms with E-state index in [1.54, 1.807) is 63.2 Å². The molecule has 0 aliphatic carbocycles. The van der Waals surface area contributed by atoms with E-state index in [9.17, 15) is 14.7 Å². The van der Waals surface area contributed by atoms with Crippen LogP contribution in [0.4, 0.5) is 18.0 Å². The van der Waals surface area contributed by atoms with Crippen molar-refractivity contribution < 1.29 is 32.6 Å². The third-order valence-corrected chi connectivity index (χ3v) is 8.35. The fourth-order valence-corrected chi connectivity index (χ4v) is 6.67. The maximum Gasteiger partial charge on any atom is 0.419 e. The molecule has 3 aromatic carbocycles. The van der Waals surface area contributed by atoms with Gasteiger partial charge in [0.25, 0.3) is 0 Å². The lowest BCUT2D eigenvalue weighted by Gasteiger charge is -2.46. The smallest absolute Gasteiger partial charge is 0.419 e. The Hall–Kier alpha value is -3.56. The summed E-state index contributed by atoms with van der Waals surface area (Å²) in [6.45, 7) is 4.98. The zero-order chi connectivity index (χ0) is 28.2. The Labute approximate surface area is 227 Å². The number of para-hydroxylation sites is 1. The number of ketones is 1. The number of Topliss-reactive ketones (excluding diaryl/α,β-unsaturated/α-hetero) is 1. The third kappa shape index (κ3) is 4.53. The normalized spacial score (nSPS) is 21.4. The topological polar surface area (TPSA) is 68.5 Å². The average molecular weight is 554 g/mol. The quantitative estimate of drug-likeness (QED) is 0.266. The van der Waals surface area contributed by atoms with E-state index in [1.165, 1.54) is 36.4 Å². The Balaban J connectivity index is 1.84. The molecule has 1 aliphatic heterocycles. The van der Waals surface area contributed by atoms with Crippen LogP contribution in [0, 0.1) is 5.92 Å². The van der Waals surface area contributed by atoms with Gasteiger partial charge in [-0.05, 0) is 38.5 Å². The van der Waals surface area contributed by atoms with Gasteiger partial charge in [0, 0.05) is 27.6 Å². The summed E-state index contributed by atoms with van der Waals surface area (Å²) in [7, 11) is 0. The van der Waals surface area contributed by atoms with Crippen LogP contribution in [0.25, 0.3) is 10.9 Å². The summed E-state index contributed by atoms with van der Waals surface area (Å²) in [6.07, 6.45) is -6.54. The number of carbonyl (C=O) groups is 2. The minimum atomic E-state index is -5.02. The highest BCUT2D eigenvalue weighted by molar-refractivity contribution is 8.00. The summed E-state index contributed by atoms with van der Waals surface area (Å²) in [5.74, 6) is -2.80. The van der Waals surface area contributed by atoms with Crippen molar-refractivity contribution in [3.8, 4) is 0 Å². The molecule has 202 valence electrons. The van der Waals surface area contributed by atoms with Crippen LogP contribution in [-0.2, 0) is 9.48 Å². The number of aliphatic hydroxyl groups is 1. The number of carbonyl (C=O) groups excluding carboxylic acids is 2. The first-order valence-corrected chi connectivity index (χ1v) is 13.1. The molecule has 0 fully saturated rings. The number of hydrogen-bond acceptors (Lipinski definition) is 5. The molecule has 0 unspecified atom stereocenters. The molecule has 1 aliphatic rings. The summed E-state index contributed by atoms with van der Waals surface area (Å²) >= 11 is 0.481. The Kier molecular flexibility index (Phi) is 6.63. The molecule has 5 rings (SSSR count). The molecule has 4 aromatic rings. The van der Waals surface area contributed by atoms with E-state index >= 15 is 13.2 Å². The van der Waals surface area contributed by atoms with Crippen molar-refractivity contribution in [1.82, 2.24) is 4.57 Å². The number of alkyl halides is 3. The van der Waals surface area contributed by atoms with Gasteiger partial charge in [0.1, 0.15) is 5.60 Å². The van der Waals surface area contributed by atoms with Crippen LogP contribution in [0.15, 0.2) is 90.0 Å². The third-order valence-electron chi connectivity index (χ3n) is 6.73. The van der Waals surface area contributed by atoms with Gasteiger partial charge in [-0.1, -0.05) is 66.7 Å². The lowest BCUT2D eigenvalue weighted by Crippen LogP contribution is -2.53. The van der Waals surface area contributed by atoms with Gasteiger partial charge < -0.3 is 9.84 Å². The van der Waals surface area contributed by atoms with E-state index in [0.717, 1.165) is 10.8 Å². The van der Waals surface area contributed by atoms with Crippen molar-refractivity contribution >= 4 is 34.5 Å². The minimum Gasteiger partial charge on any atom is -0.443 e. The van der Waals surface area contributed by atoms with Crippen molar-refractivity contribution in [3.05, 3.63) is 102 Å². The highest BCUT2D eigenvalue weighted by Gasteiger charge is 2.68. The highest BCUT2D eigenvalue weighted by atomic mass is 32.2. The Morgan fingerprint density at radius 3 is 2.21 bits per heavy atom. The predicted molar refractivity (Wildman–Crippen MR) is 143 cm³/mol. The number of fused-ring (bicyclic) bond motifs is 2. The van der Waals surface area contributed by atoms with E-state index in [-0.39, 0.29) is 32.5 Å². The van der Waals surface area contributed by atoms with Crippen LogP contribution in [-0.4, -0.2) is 33.3 Å². The summed E-state index contributed by atoms with van der Waals surface area (Å²) < 4.78 is 50.6. The van der Waals surface area contributed by atoms with Crippen molar-refractivity contribution in [3.63, 3.8) is 0 Å². The highest BCUT2D eigenvalue weighted by Crippen LogP contribution is 2.65. The molecule has 0 spiro atoms. The monoisotopic (exact) mass is 553 g/mol. The lowest BCUT2D eigenvalue weighted by molar-refractivity contribution is -0.180. The lowest BCUT2D eigenvalue weighted by atomic mass is 9.74. The molecule has 9 heteroatoms. The van der Waals surface area contributed by atoms with Crippen LogP contribution in [0.5, 0.6) is 0 Å². The van der Waals surface area contributed by atoms with Gasteiger partial charge in [-0.15, -0.1) is 11.8 Å². The second-order valence-corrected chi connectivity index (χ2v) is 11.7. The Morgan fingerprint density at radius 2 is 1.54 bits per heavy atom. The standard InChI is InChI=1S/C30H26F3NO4S/c1-28(2,3)38-27(37)34-17-21(19-13-7-9-15-22(19)34)29(30(31,32)33)24(25(35)18-11-5-4-6-12-18)26(36)20-14-8-10-16-23(20)39-29/h4-17,24,26,36H,1-3H3/t24-,26+,29-/m0/s1. The maximum atomic E-state index is 15.7. The summed E-state index contributed by atoms with van der Waals surface area (Å²) in [4.78, 5) is 27.3. The van der Waals surface area contributed by atoms with Crippen LogP contribution in [0.1, 0.15) is 48.4 Å². The Bertz CT molecular complexity index is 1560. The van der Waals surface area contributed by atoms with Crippen LogP contribution in [0.2, 0.25) is 0 Å². The first-order chi connectivity index (χ1) is 18.3. The minimum absolute atomic E-state index is 0.0473. The molecule has 1 aromatic heterocycles. The fourth-order valence-electron chi connectivity index (χ4n) is 5.11. The van der Waals surface area contributed by atoms with Gasteiger partial charge in [-0.3, -0.25) is 9.36 Å². The van der Waals surface area contributed by atoms with Gasteiger partial charge in [-0.25, -0.2) is 4.79 Å². The second kappa shape index (κ2) is 9.57. The molecule has 0 amide bonds. The van der Waals surface area contributed by atoms with Crippen molar-refractivity contribution in [2.45, 2.75) is 48.3 Å². The number of halogens is 3. The summed E-state index contributed by atoms with van der Waals surface area (Å²) in [5, 5.41) is 11.7. The predicted octanol–water partition coefficient (Wildman–Crippen LogP) is 7.52. The van der Waals surface area contributed by atoms with Gasteiger partial charge in [0.15, 0.2) is 10.5 Å². The fraction of sp³-hybridized carbons (Fsp3) is 0.267. The van der Waals surface area contributed by atoms with E-state index in [2.05, 4.69) is 0 Å². The first kappa shape index (κ1) is 27.0. The Morgan fingerprint density at radius 1 is 0.923 bits per heavy atom. The molecule has 1 N–H and O–H groups in total. The molecule has 5 nitrogen and oxygen atoms in total. The van der Waals surface area contributed by atoms with E-state index in [1.807, 2.05) is 0 Å². The number of rotatable bonds is 3. The van der Waals surface area contributed by atoms with Crippen molar-refractivity contribution in [2.75, 3.05) is 0 Å². The van der Waals surface area contributed by atoms with Crippen LogP contribution >= 0.6 is 11.8 Å². The van der Waals surface area contributed by atoms with Crippen LogP contribution < -0.4 is 0 Å². The van der Waals surface area contributed by atoms with Crippen LogP contribution in [0.3, 0.4) is 0 Å². The second-order valence-electron chi connectivity index (χ2n) is 10.4. The first-order valence-electron chi connectivity index (χ1n) is 12.3. The number of nitrogens with zero attached hydrogens (tertiary/aromatic N) is 1. The van der Waals surface area contributed by atoms with Gasteiger partial charge in [-0.2, -0.15) is 13.2 Å². The number of hydrogen-bond donors (Lipinski definition) is 1. The number of ether oxygens (including phenoxy) is 1. The molecule has 0 bridgehead atoms. The molecule has 0 saturated heterocycles. The van der Waals surface area contributed by atoms with Gasteiger partial charge in [0.05, 0.1) is 17.5 Å². The molecule has 0 radical (unpaired) electrons. The van der Waals surface area contributed by atoms with E-state index in [0.29, 0.717) is 11.8 Å². The average Bonchev–Trinajstić information content (AvgIpc) is 3.27. The van der Waals surface area contributed by atoms with Crippen molar-refractivity contribution in [1.29, 1.82) is 0 Å². The number of aromatic nitrogens is 1. The largest absolute Gasteiger partial charge is 0.443 e. The maximum absolute atomic E-state index is 15.7. The number of benzene rings is 3. The SMILES string of the molecule is CC(C)(C)OC(=O)n1cc([C@]2(C(F)(F)F)Sc3ccccc3[C@@H](O)[C@@H]2C(=O)c2ccccc2)c2ccccc21. The molecule has 2 heterocycles. The zero-order valence-corrected chi connectivity index (χ0v) is 22.2. The number of thioether (sulfide) groups is 1. The summed E-state index contributed by atoms with van der Waals surface area (Å²) in [5.41, 5.74) is -0.710. The molecule has 39 heavy (non-hydrogen) atoms. The summed E-state index contributed by atoms with van der Waals surface area (Å²) in [6, 6.07) is 20.1. The van der Waals surface area contributed by atoms with E-state index < -0.39 is 40.4 Å².